The van der Waals surface area contributed by atoms with E-state index >= 15 is 0 Å². The molecule has 1 fully saturated rings. The van der Waals surface area contributed by atoms with Gasteiger partial charge in [0.15, 0.2) is 0 Å². The van der Waals surface area contributed by atoms with E-state index in [9.17, 15) is 4.79 Å². The Kier molecular flexibility index (Phi) is 3.64. The molecule has 1 heterocycles. The van der Waals surface area contributed by atoms with Crippen LogP contribution >= 0.6 is 0 Å². The first-order chi connectivity index (χ1) is 8.22. The molecule has 1 aliphatic rings. The Morgan fingerprint density at radius 2 is 2.24 bits per heavy atom. The van der Waals surface area contributed by atoms with E-state index in [0.29, 0.717) is 6.61 Å². The normalized spacial score (nSPS) is 19.5. The molecular weight excluding hydrogens is 220 g/mol. The minimum atomic E-state index is -0.323. The SMILES string of the molecule is COC(=O)C(C)c1ccccc1OC[C@@H]1CO1. The van der Waals surface area contributed by atoms with Gasteiger partial charge in [-0.3, -0.25) is 4.79 Å². The summed E-state index contributed by atoms with van der Waals surface area (Å²) >= 11 is 0. The summed E-state index contributed by atoms with van der Waals surface area (Å²) in [6.45, 7) is 3.10. The summed E-state index contributed by atoms with van der Waals surface area (Å²) in [5, 5.41) is 0. The van der Waals surface area contributed by atoms with Crippen molar-refractivity contribution in [1.29, 1.82) is 0 Å². The Morgan fingerprint density at radius 3 is 2.88 bits per heavy atom. The Labute approximate surface area is 100 Å². The number of hydrogen-bond donors (Lipinski definition) is 0. The lowest BCUT2D eigenvalue weighted by atomic mass is 10.0. The Bertz CT molecular complexity index is 398. The third-order valence-corrected chi connectivity index (χ3v) is 2.77. The number of rotatable bonds is 5. The first kappa shape index (κ1) is 11.9. The third kappa shape index (κ3) is 2.97. The average molecular weight is 236 g/mol. The van der Waals surface area contributed by atoms with Gasteiger partial charge < -0.3 is 14.2 Å². The minimum absolute atomic E-state index is 0.205. The number of hydrogen-bond acceptors (Lipinski definition) is 4. The van der Waals surface area contributed by atoms with Gasteiger partial charge in [-0.25, -0.2) is 0 Å². The summed E-state index contributed by atoms with van der Waals surface area (Å²) < 4.78 is 15.5. The van der Waals surface area contributed by atoms with Crippen LogP contribution in [0.4, 0.5) is 0 Å². The molecule has 17 heavy (non-hydrogen) atoms. The van der Waals surface area contributed by atoms with E-state index in [1.807, 2.05) is 31.2 Å². The summed E-state index contributed by atoms with van der Waals surface area (Å²) in [6, 6.07) is 7.51. The van der Waals surface area contributed by atoms with Crippen molar-refractivity contribution < 1.29 is 19.0 Å². The van der Waals surface area contributed by atoms with Gasteiger partial charge in [-0.15, -0.1) is 0 Å². The zero-order valence-corrected chi connectivity index (χ0v) is 10.0. The van der Waals surface area contributed by atoms with Gasteiger partial charge in [-0.05, 0) is 13.0 Å². The first-order valence-electron chi connectivity index (χ1n) is 5.63. The lowest BCUT2D eigenvalue weighted by molar-refractivity contribution is -0.142. The highest BCUT2D eigenvalue weighted by atomic mass is 16.6. The Hall–Kier alpha value is -1.55. The molecule has 1 aromatic carbocycles. The lowest BCUT2D eigenvalue weighted by Gasteiger charge is -2.14. The standard InChI is InChI=1S/C13H16O4/c1-9(13(14)15-2)11-5-3-4-6-12(11)17-8-10-7-16-10/h3-6,9-10H,7-8H2,1-2H3/t9?,10-/m0/s1. The molecule has 0 spiro atoms. The molecule has 0 N–H and O–H groups in total. The van der Waals surface area contributed by atoms with Crippen molar-refractivity contribution in [3.05, 3.63) is 29.8 Å². The molecule has 1 aliphatic heterocycles. The molecule has 1 saturated heterocycles. The van der Waals surface area contributed by atoms with E-state index in [1.54, 1.807) is 0 Å². The highest BCUT2D eigenvalue weighted by molar-refractivity contribution is 5.78. The van der Waals surface area contributed by atoms with Crippen LogP contribution in [0.2, 0.25) is 0 Å². The molecule has 0 radical (unpaired) electrons. The Balaban J connectivity index is 2.10. The van der Waals surface area contributed by atoms with Gasteiger partial charge in [0.1, 0.15) is 18.5 Å². The fraction of sp³-hybridized carbons (Fsp3) is 0.462. The fourth-order valence-corrected chi connectivity index (χ4v) is 1.62. The number of carbonyl (C=O) groups is 1. The van der Waals surface area contributed by atoms with Crippen molar-refractivity contribution in [2.24, 2.45) is 0 Å². The highest BCUT2D eigenvalue weighted by Gasteiger charge is 2.25. The van der Waals surface area contributed by atoms with Gasteiger partial charge in [0, 0.05) is 5.56 Å². The molecule has 4 nitrogen and oxygen atoms in total. The lowest BCUT2D eigenvalue weighted by Crippen LogP contribution is -2.13. The molecule has 4 heteroatoms. The van der Waals surface area contributed by atoms with Gasteiger partial charge in [0.05, 0.1) is 19.6 Å². The van der Waals surface area contributed by atoms with Crippen LogP contribution in [0.1, 0.15) is 18.4 Å². The van der Waals surface area contributed by atoms with Crippen molar-refractivity contribution in [2.75, 3.05) is 20.3 Å². The molecule has 92 valence electrons. The van der Waals surface area contributed by atoms with E-state index in [2.05, 4.69) is 0 Å². The van der Waals surface area contributed by atoms with Crippen LogP contribution in [-0.4, -0.2) is 32.4 Å². The summed E-state index contributed by atoms with van der Waals surface area (Å²) in [4.78, 5) is 11.5. The summed E-state index contributed by atoms with van der Waals surface area (Å²) in [6.07, 6.45) is 0.205. The zero-order chi connectivity index (χ0) is 12.3. The smallest absolute Gasteiger partial charge is 0.312 e. The van der Waals surface area contributed by atoms with E-state index in [-0.39, 0.29) is 18.0 Å². The van der Waals surface area contributed by atoms with Crippen LogP contribution in [0.25, 0.3) is 0 Å². The average Bonchev–Trinajstić information content (AvgIpc) is 3.19. The number of epoxide rings is 1. The second kappa shape index (κ2) is 5.19. The largest absolute Gasteiger partial charge is 0.490 e. The maximum atomic E-state index is 11.5. The number of benzene rings is 1. The van der Waals surface area contributed by atoms with E-state index < -0.39 is 0 Å². The van der Waals surface area contributed by atoms with E-state index in [0.717, 1.165) is 17.9 Å². The zero-order valence-electron chi connectivity index (χ0n) is 10.0. The van der Waals surface area contributed by atoms with E-state index in [4.69, 9.17) is 14.2 Å². The molecule has 1 aromatic rings. The monoisotopic (exact) mass is 236 g/mol. The minimum Gasteiger partial charge on any atom is -0.490 e. The van der Waals surface area contributed by atoms with Crippen LogP contribution in [0, 0.1) is 0 Å². The predicted molar refractivity (Wildman–Crippen MR) is 62.1 cm³/mol. The van der Waals surface area contributed by atoms with E-state index in [1.165, 1.54) is 7.11 Å². The van der Waals surface area contributed by atoms with Crippen molar-refractivity contribution >= 4 is 5.97 Å². The number of ether oxygens (including phenoxy) is 3. The van der Waals surface area contributed by atoms with Gasteiger partial charge in [0.2, 0.25) is 0 Å². The van der Waals surface area contributed by atoms with Crippen LogP contribution in [0.5, 0.6) is 5.75 Å². The van der Waals surface area contributed by atoms with Gasteiger partial charge in [-0.1, -0.05) is 18.2 Å². The fourth-order valence-electron chi connectivity index (χ4n) is 1.62. The summed E-state index contributed by atoms with van der Waals surface area (Å²) in [5.74, 6) is 0.140. The molecular formula is C13H16O4. The molecule has 2 atom stereocenters. The topological polar surface area (TPSA) is 48.1 Å². The van der Waals surface area contributed by atoms with Crippen molar-refractivity contribution in [2.45, 2.75) is 18.9 Å². The molecule has 1 unspecified atom stereocenters. The summed E-state index contributed by atoms with van der Waals surface area (Å²) in [7, 11) is 1.39. The third-order valence-electron chi connectivity index (χ3n) is 2.77. The molecule has 0 bridgehead atoms. The van der Waals surface area contributed by atoms with Gasteiger partial charge in [-0.2, -0.15) is 0 Å². The first-order valence-corrected chi connectivity index (χ1v) is 5.63. The number of esters is 1. The second-order valence-corrected chi connectivity index (χ2v) is 4.05. The van der Waals surface area contributed by atoms with Crippen LogP contribution in [-0.2, 0) is 14.3 Å². The summed E-state index contributed by atoms with van der Waals surface area (Å²) in [5.41, 5.74) is 0.847. The number of para-hydroxylation sites is 1. The van der Waals surface area contributed by atoms with Gasteiger partial charge >= 0.3 is 5.97 Å². The van der Waals surface area contributed by atoms with Crippen molar-refractivity contribution in [3.8, 4) is 5.75 Å². The van der Waals surface area contributed by atoms with Crippen LogP contribution in [0.15, 0.2) is 24.3 Å². The molecule has 2 rings (SSSR count). The van der Waals surface area contributed by atoms with Crippen molar-refractivity contribution in [3.63, 3.8) is 0 Å². The Morgan fingerprint density at radius 1 is 1.53 bits per heavy atom. The second-order valence-electron chi connectivity index (χ2n) is 4.05. The van der Waals surface area contributed by atoms with Crippen LogP contribution < -0.4 is 4.74 Å². The molecule has 0 aliphatic carbocycles. The van der Waals surface area contributed by atoms with Crippen molar-refractivity contribution in [1.82, 2.24) is 0 Å². The molecule has 0 saturated carbocycles. The number of carbonyl (C=O) groups excluding carboxylic acids is 1. The maximum absolute atomic E-state index is 11.5. The molecule has 0 amide bonds. The predicted octanol–water partition coefficient (Wildman–Crippen LogP) is 1.74. The maximum Gasteiger partial charge on any atom is 0.312 e. The van der Waals surface area contributed by atoms with Crippen LogP contribution in [0.3, 0.4) is 0 Å². The number of methoxy groups -OCH3 is 1. The quantitative estimate of drug-likeness (QED) is 0.577. The highest BCUT2D eigenvalue weighted by Crippen LogP contribution is 2.28. The molecule has 0 aromatic heterocycles. The van der Waals surface area contributed by atoms with Gasteiger partial charge in [0.25, 0.3) is 0 Å².